The number of nitrogens with zero attached hydrogens (tertiary/aromatic N) is 1. The van der Waals surface area contributed by atoms with E-state index in [4.69, 9.17) is 0 Å². The lowest BCUT2D eigenvalue weighted by Crippen LogP contribution is -2.41. The van der Waals surface area contributed by atoms with Crippen LogP contribution >= 0.6 is 0 Å². The summed E-state index contributed by atoms with van der Waals surface area (Å²) >= 11 is 0. The van der Waals surface area contributed by atoms with Crippen molar-refractivity contribution in [2.24, 2.45) is 0 Å². The van der Waals surface area contributed by atoms with E-state index < -0.39 is 0 Å². The summed E-state index contributed by atoms with van der Waals surface area (Å²) in [6.07, 6.45) is 7.14. The second-order valence-corrected chi connectivity index (χ2v) is 4.42. The van der Waals surface area contributed by atoms with Crippen LogP contribution in [0, 0.1) is 0 Å². The van der Waals surface area contributed by atoms with Gasteiger partial charge in [-0.25, -0.2) is 0 Å². The van der Waals surface area contributed by atoms with Crippen LogP contribution in [-0.2, 0) is 0 Å². The van der Waals surface area contributed by atoms with E-state index in [1.165, 1.54) is 38.6 Å². The van der Waals surface area contributed by atoms with Gasteiger partial charge in [0.25, 0.3) is 0 Å². The molecule has 0 aromatic heterocycles. The fraction of sp³-hybridized carbons (Fsp3) is 1.00. The van der Waals surface area contributed by atoms with E-state index in [2.05, 4.69) is 24.2 Å². The summed E-state index contributed by atoms with van der Waals surface area (Å²) in [6.45, 7) is 3.43. The van der Waals surface area contributed by atoms with Crippen LogP contribution in [0.25, 0.3) is 0 Å². The van der Waals surface area contributed by atoms with Gasteiger partial charge in [-0.15, -0.1) is 0 Å². The van der Waals surface area contributed by atoms with Gasteiger partial charge in [-0.2, -0.15) is 0 Å². The largest absolute Gasteiger partial charge is 0.316 e. The standard InChI is InChI=1S/C11H24N2/c1-10(12-2)9-13(3)11-7-5-4-6-8-11/h10-12H,4-9H2,1-3H3. The van der Waals surface area contributed by atoms with Gasteiger partial charge in [0.05, 0.1) is 0 Å². The average Bonchev–Trinajstić information content (AvgIpc) is 2.19. The fourth-order valence-electron chi connectivity index (χ4n) is 2.19. The molecule has 1 aliphatic carbocycles. The van der Waals surface area contributed by atoms with E-state index in [0.717, 1.165) is 6.04 Å². The monoisotopic (exact) mass is 184 g/mol. The smallest absolute Gasteiger partial charge is 0.0163 e. The van der Waals surface area contributed by atoms with Crippen molar-refractivity contribution in [2.45, 2.75) is 51.1 Å². The van der Waals surface area contributed by atoms with Gasteiger partial charge in [0.15, 0.2) is 0 Å². The van der Waals surface area contributed by atoms with Crippen molar-refractivity contribution in [1.82, 2.24) is 10.2 Å². The predicted molar refractivity (Wildman–Crippen MR) is 58.0 cm³/mol. The summed E-state index contributed by atoms with van der Waals surface area (Å²) in [5.41, 5.74) is 0. The third-order valence-corrected chi connectivity index (χ3v) is 3.25. The van der Waals surface area contributed by atoms with Crippen LogP contribution in [0.2, 0.25) is 0 Å². The molecule has 1 atom stereocenters. The Morgan fingerprint density at radius 1 is 1.31 bits per heavy atom. The first-order valence-electron chi connectivity index (χ1n) is 5.61. The van der Waals surface area contributed by atoms with Gasteiger partial charge in [0.2, 0.25) is 0 Å². The number of likely N-dealkylation sites (N-methyl/N-ethyl adjacent to an activating group) is 2. The predicted octanol–water partition coefficient (Wildman–Crippen LogP) is 1.86. The molecule has 1 unspecified atom stereocenters. The van der Waals surface area contributed by atoms with E-state index in [-0.39, 0.29) is 0 Å². The van der Waals surface area contributed by atoms with Gasteiger partial charge in [0.1, 0.15) is 0 Å². The minimum Gasteiger partial charge on any atom is -0.316 e. The second kappa shape index (κ2) is 5.61. The SMILES string of the molecule is CNC(C)CN(C)C1CCCCC1. The van der Waals surface area contributed by atoms with Crippen LogP contribution in [0.4, 0.5) is 0 Å². The maximum absolute atomic E-state index is 3.29. The second-order valence-electron chi connectivity index (χ2n) is 4.42. The lowest BCUT2D eigenvalue weighted by molar-refractivity contribution is 0.179. The van der Waals surface area contributed by atoms with Crippen molar-refractivity contribution in [2.75, 3.05) is 20.6 Å². The highest BCUT2D eigenvalue weighted by molar-refractivity contribution is 4.75. The summed E-state index contributed by atoms with van der Waals surface area (Å²) in [5.74, 6) is 0. The highest BCUT2D eigenvalue weighted by Crippen LogP contribution is 2.21. The molecule has 0 aromatic rings. The molecule has 1 fully saturated rings. The zero-order valence-electron chi connectivity index (χ0n) is 9.34. The summed E-state index contributed by atoms with van der Waals surface area (Å²) in [6, 6.07) is 1.47. The van der Waals surface area contributed by atoms with E-state index in [1.807, 2.05) is 7.05 Å². The van der Waals surface area contributed by atoms with Crippen molar-refractivity contribution in [3.63, 3.8) is 0 Å². The molecule has 0 heterocycles. The lowest BCUT2D eigenvalue weighted by Gasteiger charge is -2.32. The highest BCUT2D eigenvalue weighted by atomic mass is 15.1. The number of hydrogen-bond acceptors (Lipinski definition) is 2. The Morgan fingerprint density at radius 2 is 1.92 bits per heavy atom. The lowest BCUT2D eigenvalue weighted by atomic mass is 9.94. The zero-order valence-corrected chi connectivity index (χ0v) is 9.34. The number of hydrogen-bond donors (Lipinski definition) is 1. The fourth-order valence-corrected chi connectivity index (χ4v) is 2.19. The summed E-state index contributed by atoms with van der Waals surface area (Å²) in [7, 11) is 4.31. The quantitative estimate of drug-likeness (QED) is 0.717. The van der Waals surface area contributed by atoms with Gasteiger partial charge in [-0.1, -0.05) is 19.3 Å². The van der Waals surface area contributed by atoms with E-state index in [9.17, 15) is 0 Å². The molecule has 78 valence electrons. The molecule has 0 amide bonds. The van der Waals surface area contributed by atoms with E-state index >= 15 is 0 Å². The summed E-state index contributed by atoms with van der Waals surface area (Å²) < 4.78 is 0. The third kappa shape index (κ3) is 3.65. The molecule has 13 heavy (non-hydrogen) atoms. The van der Waals surface area contributed by atoms with Crippen molar-refractivity contribution in [3.8, 4) is 0 Å². The van der Waals surface area contributed by atoms with Crippen LogP contribution in [0.1, 0.15) is 39.0 Å². The average molecular weight is 184 g/mol. The third-order valence-electron chi connectivity index (χ3n) is 3.25. The maximum atomic E-state index is 3.29. The molecule has 1 N–H and O–H groups in total. The van der Waals surface area contributed by atoms with Crippen molar-refractivity contribution in [1.29, 1.82) is 0 Å². The van der Waals surface area contributed by atoms with E-state index in [0.29, 0.717) is 6.04 Å². The molecule has 0 aromatic carbocycles. The van der Waals surface area contributed by atoms with Crippen molar-refractivity contribution < 1.29 is 0 Å². The minimum absolute atomic E-state index is 0.618. The molecular formula is C11H24N2. The Labute approximate surface area is 82.7 Å². The van der Waals surface area contributed by atoms with Crippen LogP contribution in [0.15, 0.2) is 0 Å². The topological polar surface area (TPSA) is 15.3 Å². The summed E-state index contributed by atoms with van der Waals surface area (Å²) in [4.78, 5) is 2.53. The Hall–Kier alpha value is -0.0800. The molecule has 0 aliphatic heterocycles. The Bertz CT molecular complexity index is 130. The molecule has 0 saturated heterocycles. The van der Waals surface area contributed by atoms with Crippen LogP contribution in [0.5, 0.6) is 0 Å². The first-order chi connectivity index (χ1) is 6.24. The molecule has 1 rings (SSSR count). The van der Waals surface area contributed by atoms with E-state index in [1.54, 1.807) is 0 Å². The van der Waals surface area contributed by atoms with Crippen molar-refractivity contribution >= 4 is 0 Å². The number of rotatable bonds is 4. The Kier molecular flexibility index (Phi) is 4.74. The Morgan fingerprint density at radius 3 is 2.46 bits per heavy atom. The molecular weight excluding hydrogens is 160 g/mol. The summed E-state index contributed by atoms with van der Waals surface area (Å²) in [5, 5.41) is 3.29. The maximum Gasteiger partial charge on any atom is 0.0163 e. The van der Waals surface area contributed by atoms with Crippen LogP contribution < -0.4 is 5.32 Å². The van der Waals surface area contributed by atoms with Gasteiger partial charge < -0.3 is 10.2 Å². The zero-order chi connectivity index (χ0) is 9.68. The number of nitrogens with one attached hydrogen (secondary N) is 1. The first kappa shape index (κ1) is 11.0. The van der Waals surface area contributed by atoms with Gasteiger partial charge in [-0.05, 0) is 33.9 Å². The molecule has 0 spiro atoms. The Balaban J connectivity index is 2.24. The molecule has 2 heteroatoms. The van der Waals surface area contributed by atoms with Gasteiger partial charge in [-0.3, -0.25) is 0 Å². The molecule has 1 aliphatic rings. The van der Waals surface area contributed by atoms with Crippen LogP contribution in [0.3, 0.4) is 0 Å². The van der Waals surface area contributed by atoms with Gasteiger partial charge >= 0.3 is 0 Å². The first-order valence-corrected chi connectivity index (χ1v) is 5.61. The molecule has 1 saturated carbocycles. The van der Waals surface area contributed by atoms with Gasteiger partial charge in [0, 0.05) is 18.6 Å². The van der Waals surface area contributed by atoms with Crippen LogP contribution in [-0.4, -0.2) is 37.6 Å². The van der Waals surface area contributed by atoms with Crippen molar-refractivity contribution in [3.05, 3.63) is 0 Å². The molecule has 0 bridgehead atoms. The molecule has 2 nitrogen and oxygen atoms in total. The normalized spacial score (nSPS) is 22.2. The minimum atomic E-state index is 0.618. The highest BCUT2D eigenvalue weighted by Gasteiger charge is 2.18. The molecule has 0 radical (unpaired) electrons.